The smallest absolute Gasteiger partial charge is 0.253 e. The molecule has 9 nitrogen and oxygen atoms in total. The van der Waals surface area contributed by atoms with Crippen molar-refractivity contribution in [1.82, 2.24) is 9.62 Å². The molecule has 3 aromatic carbocycles. The molecule has 1 atom stereocenters. The number of nitrogen functional groups attached to an aromatic ring is 1. The molecule has 1 amide bonds. The first-order chi connectivity index (χ1) is 18.5. The Bertz CT molecular complexity index is 1430. The lowest BCUT2D eigenvalue weighted by molar-refractivity contribution is -0.00270. The Morgan fingerprint density at radius 2 is 1.79 bits per heavy atom. The van der Waals surface area contributed by atoms with Crippen molar-refractivity contribution in [2.45, 2.75) is 44.2 Å². The maximum atomic E-state index is 13.7. The van der Waals surface area contributed by atoms with Crippen molar-refractivity contribution in [3.05, 3.63) is 83.4 Å². The van der Waals surface area contributed by atoms with Gasteiger partial charge in [0.2, 0.25) is 16.8 Å². The molecule has 0 aromatic heterocycles. The summed E-state index contributed by atoms with van der Waals surface area (Å²) in [6, 6.07) is 18.8. The van der Waals surface area contributed by atoms with Gasteiger partial charge in [0.15, 0.2) is 11.5 Å². The summed E-state index contributed by atoms with van der Waals surface area (Å²) in [5.74, 6) is 0.375. The molecule has 0 fully saturated rings. The molecule has 0 saturated heterocycles. The van der Waals surface area contributed by atoms with Crippen LogP contribution < -0.4 is 20.5 Å². The number of ether oxygens (including phenoxy) is 2. The second-order valence-corrected chi connectivity index (χ2v) is 12.1. The molecule has 208 valence electrons. The van der Waals surface area contributed by atoms with Gasteiger partial charge in [0.25, 0.3) is 5.91 Å². The van der Waals surface area contributed by atoms with Gasteiger partial charge < -0.3 is 25.6 Å². The Morgan fingerprint density at radius 3 is 2.51 bits per heavy atom. The number of nitrogens with two attached hydrogens (primary N) is 1. The number of amides is 1. The molecular weight excluding hydrogens is 518 g/mol. The predicted octanol–water partition coefficient (Wildman–Crippen LogP) is 3.70. The first kappa shape index (κ1) is 28.4. The molecular formula is C29H35N3O6S. The minimum Gasteiger partial charge on any atom is -0.454 e. The third-order valence-electron chi connectivity index (χ3n) is 6.63. The van der Waals surface area contributed by atoms with E-state index in [1.165, 1.54) is 16.4 Å². The maximum Gasteiger partial charge on any atom is 0.253 e. The van der Waals surface area contributed by atoms with Crippen LogP contribution in [0, 0.1) is 12.8 Å². The van der Waals surface area contributed by atoms with E-state index in [0.29, 0.717) is 28.3 Å². The van der Waals surface area contributed by atoms with Gasteiger partial charge in [0, 0.05) is 43.2 Å². The molecule has 4 N–H and O–H groups in total. The number of nitrogens with zero attached hydrogens (tertiary/aromatic N) is 1. The highest BCUT2D eigenvalue weighted by molar-refractivity contribution is 7.89. The van der Waals surface area contributed by atoms with Gasteiger partial charge in [0.05, 0.1) is 4.90 Å². The number of carbonyl (C=O) groups is 1. The zero-order valence-electron chi connectivity index (χ0n) is 22.4. The van der Waals surface area contributed by atoms with Gasteiger partial charge in [-0.15, -0.1) is 0 Å². The Kier molecular flexibility index (Phi) is 8.48. The summed E-state index contributed by atoms with van der Waals surface area (Å²) in [5.41, 5.74) is 6.45. The highest BCUT2D eigenvalue weighted by atomic mass is 32.2. The average Bonchev–Trinajstić information content (AvgIpc) is 3.36. The van der Waals surface area contributed by atoms with Crippen LogP contribution in [0.3, 0.4) is 0 Å². The fourth-order valence-corrected chi connectivity index (χ4v) is 6.14. The summed E-state index contributed by atoms with van der Waals surface area (Å²) in [6.07, 6.45) is 0.0338. The third kappa shape index (κ3) is 6.70. The summed E-state index contributed by atoms with van der Waals surface area (Å²) in [5, 5.41) is 14.5. The van der Waals surface area contributed by atoms with Crippen LogP contribution in [-0.4, -0.2) is 49.3 Å². The number of aliphatic hydroxyl groups is 1. The van der Waals surface area contributed by atoms with Gasteiger partial charge >= 0.3 is 0 Å². The highest BCUT2D eigenvalue weighted by Gasteiger charge is 2.34. The highest BCUT2D eigenvalue weighted by Crippen LogP contribution is 2.35. The Labute approximate surface area is 229 Å². The molecule has 39 heavy (non-hydrogen) atoms. The van der Waals surface area contributed by atoms with E-state index in [0.717, 1.165) is 5.56 Å². The quantitative estimate of drug-likeness (QED) is 0.244. The number of benzene rings is 3. The number of rotatable bonds is 11. The Morgan fingerprint density at radius 1 is 1.08 bits per heavy atom. The number of sulfonamides is 1. The maximum absolute atomic E-state index is 13.7. The molecule has 0 saturated carbocycles. The summed E-state index contributed by atoms with van der Waals surface area (Å²) >= 11 is 0. The molecule has 1 heterocycles. The first-order valence-corrected chi connectivity index (χ1v) is 14.3. The molecule has 0 radical (unpaired) electrons. The Hall–Kier alpha value is -3.60. The molecule has 4 rings (SSSR count). The number of anilines is 1. The lowest BCUT2D eigenvalue weighted by Gasteiger charge is -2.33. The molecule has 1 aliphatic heterocycles. The van der Waals surface area contributed by atoms with Crippen LogP contribution in [0.5, 0.6) is 11.5 Å². The van der Waals surface area contributed by atoms with E-state index in [-0.39, 0.29) is 43.5 Å². The van der Waals surface area contributed by atoms with Gasteiger partial charge in [-0.05, 0) is 48.2 Å². The predicted molar refractivity (Wildman–Crippen MR) is 149 cm³/mol. The lowest BCUT2D eigenvalue weighted by Crippen LogP contribution is -2.52. The van der Waals surface area contributed by atoms with Crippen molar-refractivity contribution in [3.8, 4) is 11.5 Å². The molecule has 0 bridgehead atoms. The van der Waals surface area contributed by atoms with E-state index in [1.807, 2.05) is 44.2 Å². The summed E-state index contributed by atoms with van der Waals surface area (Å²) in [6.45, 7) is 5.80. The number of carbonyl (C=O) groups excluding carboxylic acids is 1. The Balaban J connectivity index is 1.62. The fourth-order valence-electron chi connectivity index (χ4n) is 4.52. The van der Waals surface area contributed by atoms with Crippen LogP contribution in [0.25, 0.3) is 0 Å². The van der Waals surface area contributed by atoms with Crippen LogP contribution in [0.1, 0.15) is 41.8 Å². The standard InChI is InChI=1S/C29H35N3O6S/c1-20(2)18-32(39(35,36)23-12-13-26-27(16-23)38-19-37-26)15-14-29(34,17-22-8-5-4-6-9-22)31-28(33)24-10-7-11-25(30)21(24)3/h4-13,16,20,34H,14-15,17-19,30H2,1-3H3,(H,31,33). The van der Waals surface area contributed by atoms with Crippen LogP contribution >= 0.6 is 0 Å². The van der Waals surface area contributed by atoms with E-state index in [2.05, 4.69) is 5.32 Å². The minimum atomic E-state index is -3.95. The van der Waals surface area contributed by atoms with Crippen molar-refractivity contribution in [3.63, 3.8) is 0 Å². The van der Waals surface area contributed by atoms with Gasteiger partial charge in [-0.25, -0.2) is 8.42 Å². The van der Waals surface area contributed by atoms with Crippen LogP contribution in [0.4, 0.5) is 5.69 Å². The minimum absolute atomic E-state index is 0.0144. The molecule has 1 aliphatic rings. The van der Waals surface area contributed by atoms with Crippen LogP contribution in [-0.2, 0) is 16.4 Å². The second kappa shape index (κ2) is 11.6. The van der Waals surface area contributed by atoms with Crippen molar-refractivity contribution in [2.75, 3.05) is 25.6 Å². The van der Waals surface area contributed by atoms with Crippen molar-refractivity contribution < 1.29 is 27.8 Å². The number of nitrogens with one attached hydrogen (secondary N) is 1. The fraction of sp³-hybridized carbons (Fsp3) is 0.345. The molecule has 1 unspecified atom stereocenters. The SMILES string of the molecule is Cc1c(N)cccc1C(=O)NC(O)(CCN(CC(C)C)S(=O)(=O)c1ccc2c(c1)OCO2)Cc1ccccc1. The molecule has 10 heteroatoms. The lowest BCUT2D eigenvalue weighted by atomic mass is 9.97. The van der Waals surface area contributed by atoms with E-state index < -0.39 is 21.7 Å². The first-order valence-electron chi connectivity index (χ1n) is 12.8. The van der Waals surface area contributed by atoms with Gasteiger partial charge in [0.1, 0.15) is 5.72 Å². The van der Waals surface area contributed by atoms with Gasteiger partial charge in [-0.2, -0.15) is 4.31 Å². The average molecular weight is 554 g/mol. The monoisotopic (exact) mass is 553 g/mol. The normalized spacial score (nSPS) is 14.4. The summed E-state index contributed by atoms with van der Waals surface area (Å²) in [4.78, 5) is 13.4. The topological polar surface area (TPSA) is 131 Å². The van der Waals surface area contributed by atoms with E-state index in [1.54, 1.807) is 31.2 Å². The summed E-state index contributed by atoms with van der Waals surface area (Å²) < 4.78 is 39.5. The zero-order chi connectivity index (χ0) is 28.2. The van der Waals surface area contributed by atoms with Crippen molar-refractivity contribution in [2.24, 2.45) is 5.92 Å². The molecule has 0 spiro atoms. The number of hydrogen-bond acceptors (Lipinski definition) is 7. The number of fused-ring (bicyclic) bond motifs is 1. The number of hydrogen-bond donors (Lipinski definition) is 3. The third-order valence-corrected chi connectivity index (χ3v) is 8.49. The van der Waals surface area contributed by atoms with Gasteiger partial charge in [-0.1, -0.05) is 50.2 Å². The van der Waals surface area contributed by atoms with E-state index >= 15 is 0 Å². The second-order valence-electron chi connectivity index (χ2n) is 10.2. The van der Waals surface area contributed by atoms with Gasteiger partial charge in [-0.3, -0.25) is 4.79 Å². The van der Waals surface area contributed by atoms with Crippen LogP contribution in [0.2, 0.25) is 0 Å². The molecule has 3 aromatic rings. The van der Waals surface area contributed by atoms with Crippen molar-refractivity contribution in [1.29, 1.82) is 0 Å². The molecule has 0 aliphatic carbocycles. The van der Waals surface area contributed by atoms with E-state index in [9.17, 15) is 18.3 Å². The zero-order valence-corrected chi connectivity index (χ0v) is 23.2. The largest absolute Gasteiger partial charge is 0.454 e. The van der Waals surface area contributed by atoms with E-state index in [4.69, 9.17) is 15.2 Å². The van der Waals surface area contributed by atoms with Crippen LogP contribution in [0.15, 0.2) is 71.6 Å². The van der Waals surface area contributed by atoms with Crippen molar-refractivity contribution >= 4 is 21.6 Å². The summed E-state index contributed by atoms with van der Waals surface area (Å²) in [7, 11) is -3.95.